The van der Waals surface area contributed by atoms with Gasteiger partial charge < -0.3 is 19.6 Å². The quantitative estimate of drug-likeness (QED) is 0.805. The van der Waals surface area contributed by atoms with Crippen LogP contribution in [0.4, 0.5) is 0 Å². The highest BCUT2D eigenvalue weighted by Gasteiger charge is 2.21. The van der Waals surface area contributed by atoms with Crippen LogP contribution < -0.4 is 10.6 Å². The van der Waals surface area contributed by atoms with Crippen molar-refractivity contribution in [2.45, 2.75) is 29.8 Å². The molecule has 122 valence electrons. The molecule has 0 bridgehead atoms. The number of piperidine rings is 1. The van der Waals surface area contributed by atoms with Gasteiger partial charge in [-0.2, -0.15) is 0 Å². The van der Waals surface area contributed by atoms with Gasteiger partial charge in [0, 0.05) is 38.4 Å². The van der Waals surface area contributed by atoms with Crippen LogP contribution in [-0.2, 0) is 17.6 Å². The number of carbonyl (C=O) groups is 2. The molecule has 1 aliphatic rings. The Labute approximate surface area is 137 Å². The molecule has 1 fully saturated rings. The van der Waals surface area contributed by atoms with Crippen LogP contribution in [-0.4, -0.2) is 34.0 Å². The van der Waals surface area contributed by atoms with Crippen molar-refractivity contribution in [2.75, 3.05) is 6.54 Å². The molecule has 1 atom stereocenters. The topological polar surface area (TPSA) is 89.2 Å². The SMILES string of the molecule is Cn1ccnc1SCc1ccc(C(=O)NC2CCC(=O)NC2)o1. The van der Waals surface area contributed by atoms with E-state index in [2.05, 4.69) is 15.6 Å². The zero-order chi connectivity index (χ0) is 16.2. The lowest BCUT2D eigenvalue weighted by Gasteiger charge is -2.22. The Morgan fingerprint density at radius 1 is 1.57 bits per heavy atom. The van der Waals surface area contributed by atoms with Crippen LogP contribution in [0.1, 0.15) is 29.2 Å². The van der Waals surface area contributed by atoms with Gasteiger partial charge >= 0.3 is 0 Å². The van der Waals surface area contributed by atoms with Gasteiger partial charge in [-0.05, 0) is 18.6 Å². The molecule has 3 rings (SSSR count). The van der Waals surface area contributed by atoms with E-state index in [-0.39, 0.29) is 23.6 Å². The number of aromatic nitrogens is 2. The fraction of sp³-hybridized carbons (Fsp3) is 0.400. The summed E-state index contributed by atoms with van der Waals surface area (Å²) in [5.41, 5.74) is 0. The standard InChI is InChI=1S/C15H18N4O3S/c1-19-7-6-16-15(19)23-9-11-3-4-12(22-11)14(21)18-10-2-5-13(20)17-8-10/h3-4,6-7,10H,2,5,8-9H2,1H3,(H,17,20)(H,18,21). The number of hydrogen-bond acceptors (Lipinski definition) is 5. The van der Waals surface area contributed by atoms with Crippen molar-refractivity contribution in [3.8, 4) is 0 Å². The first kappa shape index (κ1) is 15.7. The maximum atomic E-state index is 12.2. The first-order valence-electron chi connectivity index (χ1n) is 7.38. The monoisotopic (exact) mass is 334 g/mol. The van der Waals surface area contributed by atoms with E-state index in [1.807, 2.05) is 17.8 Å². The Bertz CT molecular complexity index is 699. The predicted molar refractivity (Wildman–Crippen MR) is 85.0 cm³/mol. The third-order valence-corrected chi connectivity index (χ3v) is 4.69. The second-order valence-electron chi connectivity index (χ2n) is 5.39. The van der Waals surface area contributed by atoms with Gasteiger partial charge in [-0.25, -0.2) is 4.98 Å². The second-order valence-corrected chi connectivity index (χ2v) is 6.33. The van der Waals surface area contributed by atoms with E-state index in [4.69, 9.17) is 4.42 Å². The lowest BCUT2D eigenvalue weighted by atomic mass is 10.1. The van der Waals surface area contributed by atoms with Crippen LogP contribution in [0.25, 0.3) is 0 Å². The van der Waals surface area contributed by atoms with Gasteiger partial charge in [0.05, 0.1) is 5.75 Å². The van der Waals surface area contributed by atoms with Crippen molar-refractivity contribution in [1.82, 2.24) is 20.2 Å². The molecule has 2 N–H and O–H groups in total. The molecular weight excluding hydrogens is 316 g/mol. The molecule has 0 aromatic carbocycles. The maximum absolute atomic E-state index is 12.2. The number of imidazole rings is 1. The highest BCUT2D eigenvalue weighted by Crippen LogP contribution is 2.22. The zero-order valence-corrected chi connectivity index (χ0v) is 13.6. The minimum atomic E-state index is -0.251. The molecule has 23 heavy (non-hydrogen) atoms. The molecule has 1 saturated heterocycles. The third-order valence-electron chi connectivity index (χ3n) is 3.61. The summed E-state index contributed by atoms with van der Waals surface area (Å²) < 4.78 is 7.52. The Kier molecular flexibility index (Phi) is 4.71. The number of furan rings is 1. The number of hydrogen-bond donors (Lipinski definition) is 2. The highest BCUT2D eigenvalue weighted by atomic mass is 32.2. The van der Waals surface area contributed by atoms with Crippen LogP contribution in [0.5, 0.6) is 0 Å². The van der Waals surface area contributed by atoms with Crippen LogP contribution in [0.2, 0.25) is 0 Å². The van der Waals surface area contributed by atoms with Crippen LogP contribution in [0, 0.1) is 0 Å². The number of aryl methyl sites for hydroxylation is 1. The molecule has 7 nitrogen and oxygen atoms in total. The van der Waals surface area contributed by atoms with Gasteiger partial charge in [0.15, 0.2) is 10.9 Å². The van der Waals surface area contributed by atoms with E-state index in [1.54, 1.807) is 30.1 Å². The van der Waals surface area contributed by atoms with Crippen molar-refractivity contribution in [2.24, 2.45) is 7.05 Å². The summed E-state index contributed by atoms with van der Waals surface area (Å²) in [5, 5.41) is 6.51. The number of rotatable bonds is 5. The minimum Gasteiger partial charge on any atom is -0.455 e. The third kappa shape index (κ3) is 3.95. The van der Waals surface area contributed by atoms with Crippen LogP contribution >= 0.6 is 11.8 Å². The van der Waals surface area contributed by atoms with E-state index >= 15 is 0 Å². The van der Waals surface area contributed by atoms with Gasteiger partial charge in [0.25, 0.3) is 5.91 Å². The van der Waals surface area contributed by atoms with Crippen molar-refractivity contribution in [3.05, 3.63) is 36.0 Å². The molecule has 1 unspecified atom stereocenters. The van der Waals surface area contributed by atoms with Gasteiger partial charge in [0.1, 0.15) is 5.76 Å². The number of nitrogens with zero attached hydrogens (tertiary/aromatic N) is 2. The minimum absolute atomic E-state index is 0.0297. The van der Waals surface area contributed by atoms with Gasteiger partial charge in [0.2, 0.25) is 5.91 Å². The van der Waals surface area contributed by atoms with Gasteiger partial charge in [-0.1, -0.05) is 11.8 Å². The maximum Gasteiger partial charge on any atom is 0.287 e. The molecule has 0 aliphatic carbocycles. The number of thioether (sulfide) groups is 1. The summed E-state index contributed by atoms with van der Waals surface area (Å²) >= 11 is 1.55. The normalized spacial score (nSPS) is 17.8. The van der Waals surface area contributed by atoms with Gasteiger partial charge in [-0.3, -0.25) is 9.59 Å². The Hall–Kier alpha value is -2.22. The zero-order valence-electron chi connectivity index (χ0n) is 12.7. The van der Waals surface area contributed by atoms with E-state index in [9.17, 15) is 9.59 Å². The smallest absolute Gasteiger partial charge is 0.287 e. The largest absolute Gasteiger partial charge is 0.455 e. The fourth-order valence-electron chi connectivity index (χ4n) is 2.32. The average Bonchev–Trinajstić information content (AvgIpc) is 3.16. The van der Waals surface area contributed by atoms with Crippen LogP contribution in [0.3, 0.4) is 0 Å². The fourth-order valence-corrected chi connectivity index (χ4v) is 3.14. The molecule has 2 amide bonds. The molecule has 0 spiro atoms. The summed E-state index contributed by atoms with van der Waals surface area (Å²) in [4.78, 5) is 27.5. The molecule has 8 heteroatoms. The summed E-state index contributed by atoms with van der Waals surface area (Å²) in [6, 6.07) is 3.43. The molecule has 0 radical (unpaired) electrons. The predicted octanol–water partition coefficient (Wildman–Crippen LogP) is 1.31. The molecule has 0 saturated carbocycles. The van der Waals surface area contributed by atoms with Crippen LogP contribution in [0.15, 0.2) is 34.1 Å². The van der Waals surface area contributed by atoms with E-state index < -0.39 is 0 Å². The molecule has 2 aromatic rings. The summed E-state index contributed by atoms with van der Waals surface area (Å²) in [6.45, 7) is 0.465. The Morgan fingerprint density at radius 3 is 3.13 bits per heavy atom. The van der Waals surface area contributed by atoms with Crippen molar-refractivity contribution in [1.29, 1.82) is 0 Å². The van der Waals surface area contributed by atoms with E-state index in [1.165, 1.54) is 0 Å². The Morgan fingerprint density at radius 2 is 2.43 bits per heavy atom. The lowest BCUT2D eigenvalue weighted by Crippen LogP contribution is -2.47. The highest BCUT2D eigenvalue weighted by molar-refractivity contribution is 7.98. The lowest BCUT2D eigenvalue weighted by molar-refractivity contribution is -0.122. The second kappa shape index (κ2) is 6.91. The summed E-state index contributed by atoms with van der Waals surface area (Å²) in [6.07, 6.45) is 4.72. The number of carbonyl (C=O) groups excluding carboxylic acids is 2. The number of nitrogens with one attached hydrogen (secondary N) is 2. The molecule has 2 aromatic heterocycles. The van der Waals surface area contributed by atoms with Crippen molar-refractivity contribution < 1.29 is 14.0 Å². The van der Waals surface area contributed by atoms with Crippen molar-refractivity contribution in [3.63, 3.8) is 0 Å². The summed E-state index contributed by atoms with van der Waals surface area (Å²) in [5.74, 6) is 1.40. The molecule has 3 heterocycles. The van der Waals surface area contributed by atoms with Crippen molar-refractivity contribution >= 4 is 23.6 Å². The Balaban J connectivity index is 1.53. The van der Waals surface area contributed by atoms with E-state index in [0.717, 1.165) is 10.9 Å². The first-order chi connectivity index (χ1) is 11.1. The average molecular weight is 334 g/mol. The molecule has 1 aliphatic heterocycles. The summed E-state index contributed by atoms with van der Waals surface area (Å²) in [7, 11) is 1.93. The van der Waals surface area contributed by atoms with Gasteiger partial charge in [-0.15, -0.1) is 0 Å². The first-order valence-corrected chi connectivity index (χ1v) is 8.37. The molecular formula is C15H18N4O3S. The number of amides is 2. The van der Waals surface area contributed by atoms with E-state index in [0.29, 0.717) is 25.1 Å².